The minimum absolute atomic E-state index is 0.337. The summed E-state index contributed by atoms with van der Waals surface area (Å²) in [4.78, 5) is 11.4. The Morgan fingerprint density at radius 2 is 2.27 bits per heavy atom. The number of ether oxygens (including phenoxy) is 1. The molecule has 2 atom stereocenters. The second kappa shape index (κ2) is 3.66. The lowest BCUT2D eigenvalue weighted by molar-refractivity contribution is -0.148. The lowest BCUT2D eigenvalue weighted by Gasteiger charge is -2.11. The number of rotatable bonds is 1. The average Bonchev–Trinajstić information content (AvgIpc) is 2.54. The molecule has 0 fully saturated rings. The van der Waals surface area contributed by atoms with Gasteiger partial charge in [0.25, 0.3) is 0 Å². The zero-order valence-corrected chi connectivity index (χ0v) is 8.86. The molecular formula is C12H14O3. The molecule has 0 aliphatic heterocycles. The fourth-order valence-corrected chi connectivity index (χ4v) is 2.13. The van der Waals surface area contributed by atoms with Gasteiger partial charge in [-0.2, -0.15) is 0 Å². The molecule has 0 saturated carbocycles. The first-order valence-corrected chi connectivity index (χ1v) is 4.99. The van der Waals surface area contributed by atoms with Crippen LogP contribution in [-0.2, 0) is 16.0 Å². The van der Waals surface area contributed by atoms with Gasteiger partial charge in [-0.05, 0) is 24.5 Å². The molecule has 80 valence electrons. The summed E-state index contributed by atoms with van der Waals surface area (Å²) in [6, 6.07) is 5.85. The van der Waals surface area contributed by atoms with E-state index in [0.29, 0.717) is 6.42 Å². The molecule has 0 radical (unpaired) electrons. The van der Waals surface area contributed by atoms with Crippen LogP contribution in [0, 0.1) is 12.8 Å². The first-order valence-electron chi connectivity index (χ1n) is 4.99. The van der Waals surface area contributed by atoms with E-state index in [2.05, 4.69) is 4.74 Å². The van der Waals surface area contributed by atoms with Crippen molar-refractivity contribution in [3.8, 4) is 0 Å². The Bertz CT molecular complexity index is 398. The molecule has 0 bridgehead atoms. The van der Waals surface area contributed by atoms with Crippen molar-refractivity contribution in [2.24, 2.45) is 5.92 Å². The predicted molar refractivity (Wildman–Crippen MR) is 55.3 cm³/mol. The van der Waals surface area contributed by atoms with Crippen LogP contribution < -0.4 is 0 Å². The molecule has 2 unspecified atom stereocenters. The number of fused-ring (bicyclic) bond motifs is 1. The quantitative estimate of drug-likeness (QED) is 0.706. The Morgan fingerprint density at radius 3 is 2.93 bits per heavy atom. The Hall–Kier alpha value is -1.35. The van der Waals surface area contributed by atoms with E-state index in [9.17, 15) is 9.90 Å². The third-order valence-corrected chi connectivity index (χ3v) is 2.94. The lowest BCUT2D eigenvalue weighted by Crippen LogP contribution is -2.20. The van der Waals surface area contributed by atoms with E-state index in [-0.39, 0.29) is 5.97 Å². The predicted octanol–water partition coefficient (Wildman–Crippen LogP) is 1.37. The van der Waals surface area contributed by atoms with E-state index in [1.165, 1.54) is 7.11 Å². The molecular weight excluding hydrogens is 192 g/mol. The molecule has 15 heavy (non-hydrogen) atoms. The molecule has 0 amide bonds. The van der Waals surface area contributed by atoms with Crippen LogP contribution in [-0.4, -0.2) is 18.2 Å². The maximum Gasteiger partial charge on any atom is 0.311 e. The SMILES string of the molecule is COC(=O)C1Cc2cc(C)ccc2C1O. The summed E-state index contributed by atoms with van der Waals surface area (Å²) in [5.74, 6) is -0.775. The number of aryl methyl sites for hydroxylation is 1. The molecule has 0 saturated heterocycles. The van der Waals surface area contributed by atoms with Crippen LogP contribution in [0.4, 0.5) is 0 Å². The van der Waals surface area contributed by atoms with Crippen molar-refractivity contribution in [2.75, 3.05) is 7.11 Å². The van der Waals surface area contributed by atoms with Gasteiger partial charge in [0.1, 0.15) is 0 Å². The van der Waals surface area contributed by atoms with Gasteiger partial charge in [0.15, 0.2) is 0 Å². The van der Waals surface area contributed by atoms with Gasteiger partial charge in [-0.25, -0.2) is 0 Å². The van der Waals surface area contributed by atoms with Gasteiger partial charge in [-0.3, -0.25) is 4.79 Å². The Kier molecular flexibility index (Phi) is 2.49. The van der Waals surface area contributed by atoms with E-state index < -0.39 is 12.0 Å². The van der Waals surface area contributed by atoms with Gasteiger partial charge in [0.2, 0.25) is 0 Å². The van der Waals surface area contributed by atoms with E-state index in [4.69, 9.17) is 0 Å². The summed E-state index contributed by atoms with van der Waals surface area (Å²) >= 11 is 0. The number of carbonyl (C=O) groups is 1. The molecule has 3 nitrogen and oxygen atoms in total. The highest BCUT2D eigenvalue weighted by atomic mass is 16.5. The van der Waals surface area contributed by atoms with Crippen LogP contribution >= 0.6 is 0 Å². The third kappa shape index (κ3) is 1.63. The Labute approximate surface area is 88.7 Å². The van der Waals surface area contributed by atoms with E-state index in [0.717, 1.165) is 16.7 Å². The van der Waals surface area contributed by atoms with Gasteiger partial charge < -0.3 is 9.84 Å². The highest BCUT2D eigenvalue weighted by Crippen LogP contribution is 2.36. The number of hydrogen-bond donors (Lipinski definition) is 1. The van der Waals surface area contributed by atoms with Crippen LogP contribution in [0.2, 0.25) is 0 Å². The van der Waals surface area contributed by atoms with Gasteiger partial charge >= 0.3 is 5.97 Å². The largest absolute Gasteiger partial charge is 0.469 e. The zero-order chi connectivity index (χ0) is 11.0. The highest BCUT2D eigenvalue weighted by molar-refractivity contribution is 5.75. The molecule has 0 heterocycles. The van der Waals surface area contributed by atoms with Crippen LogP contribution in [0.3, 0.4) is 0 Å². The van der Waals surface area contributed by atoms with Crippen LogP contribution in [0.1, 0.15) is 22.8 Å². The normalized spacial score (nSPS) is 23.7. The molecule has 1 N–H and O–H groups in total. The Morgan fingerprint density at radius 1 is 1.53 bits per heavy atom. The smallest absolute Gasteiger partial charge is 0.311 e. The number of benzene rings is 1. The number of esters is 1. The minimum Gasteiger partial charge on any atom is -0.469 e. The van der Waals surface area contributed by atoms with Crippen molar-refractivity contribution in [1.82, 2.24) is 0 Å². The molecule has 1 aromatic carbocycles. The first kappa shape index (κ1) is 10.2. The summed E-state index contributed by atoms with van der Waals surface area (Å²) in [5, 5.41) is 9.93. The van der Waals surface area contributed by atoms with Gasteiger partial charge in [0.05, 0.1) is 19.1 Å². The summed E-state index contributed by atoms with van der Waals surface area (Å²) in [6.45, 7) is 2.00. The Balaban J connectivity index is 2.32. The maximum atomic E-state index is 11.4. The van der Waals surface area contributed by atoms with Crippen molar-refractivity contribution in [3.63, 3.8) is 0 Å². The molecule has 0 aromatic heterocycles. The molecule has 1 aliphatic rings. The lowest BCUT2D eigenvalue weighted by atomic mass is 10.0. The van der Waals surface area contributed by atoms with Crippen LogP contribution in [0.5, 0.6) is 0 Å². The van der Waals surface area contributed by atoms with Crippen LogP contribution in [0.15, 0.2) is 18.2 Å². The van der Waals surface area contributed by atoms with Crippen LogP contribution in [0.25, 0.3) is 0 Å². The molecule has 0 spiro atoms. The van der Waals surface area contributed by atoms with Gasteiger partial charge in [-0.15, -0.1) is 0 Å². The second-order valence-corrected chi connectivity index (χ2v) is 3.98. The topological polar surface area (TPSA) is 46.5 Å². The van der Waals surface area contributed by atoms with Crippen molar-refractivity contribution in [1.29, 1.82) is 0 Å². The molecule has 1 aliphatic carbocycles. The summed E-state index contributed by atoms with van der Waals surface area (Å²) in [6.07, 6.45) is -0.141. The number of hydrogen-bond acceptors (Lipinski definition) is 3. The summed E-state index contributed by atoms with van der Waals surface area (Å²) in [7, 11) is 1.35. The number of aliphatic hydroxyl groups excluding tert-OH is 1. The van der Waals surface area contributed by atoms with Crippen molar-refractivity contribution >= 4 is 5.97 Å². The number of carbonyl (C=O) groups excluding carboxylic acids is 1. The number of methoxy groups -OCH3 is 1. The second-order valence-electron chi connectivity index (χ2n) is 3.98. The van der Waals surface area contributed by atoms with Crippen molar-refractivity contribution < 1.29 is 14.6 Å². The molecule has 1 aromatic rings. The summed E-state index contributed by atoms with van der Waals surface area (Å²) < 4.78 is 4.67. The van der Waals surface area contributed by atoms with Gasteiger partial charge in [-0.1, -0.05) is 23.8 Å². The third-order valence-electron chi connectivity index (χ3n) is 2.94. The fourth-order valence-electron chi connectivity index (χ4n) is 2.13. The van der Waals surface area contributed by atoms with Crippen molar-refractivity contribution in [2.45, 2.75) is 19.4 Å². The fraction of sp³-hybridized carbons (Fsp3) is 0.417. The monoisotopic (exact) mass is 206 g/mol. The molecule has 2 rings (SSSR count). The summed E-state index contributed by atoms with van der Waals surface area (Å²) in [5.41, 5.74) is 3.06. The molecule has 3 heteroatoms. The van der Waals surface area contributed by atoms with Crippen molar-refractivity contribution in [3.05, 3.63) is 34.9 Å². The number of aliphatic hydroxyl groups is 1. The van der Waals surface area contributed by atoms with E-state index in [1.807, 2.05) is 25.1 Å². The van der Waals surface area contributed by atoms with E-state index >= 15 is 0 Å². The highest BCUT2D eigenvalue weighted by Gasteiger charge is 2.36. The van der Waals surface area contributed by atoms with E-state index in [1.54, 1.807) is 0 Å². The minimum atomic E-state index is -0.715. The maximum absolute atomic E-state index is 11.4. The average molecular weight is 206 g/mol. The first-order chi connectivity index (χ1) is 7.13. The zero-order valence-electron chi connectivity index (χ0n) is 8.86. The standard InChI is InChI=1S/C12H14O3/c1-7-3-4-9-8(5-7)6-10(11(9)13)12(14)15-2/h3-5,10-11,13H,6H2,1-2H3. The van der Waals surface area contributed by atoms with Gasteiger partial charge in [0, 0.05) is 0 Å².